The molecule has 2 aliphatic rings. The van der Waals surface area contributed by atoms with E-state index in [-0.39, 0.29) is 24.3 Å². The van der Waals surface area contributed by atoms with Gasteiger partial charge in [0, 0.05) is 5.41 Å². The van der Waals surface area contributed by atoms with Crippen LogP contribution in [-0.4, -0.2) is 57.9 Å². The van der Waals surface area contributed by atoms with E-state index in [9.17, 15) is 14.8 Å². The molecule has 11 heteroatoms. The molecule has 0 amide bonds. The third-order valence-corrected chi connectivity index (χ3v) is 6.24. The maximum absolute atomic E-state index is 11.2. The van der Waals surface area contributed by atoms with E-state index in [1.807, 2.05) is 0 Å². The molecule has 24 heavy (non-hydrogen) atoms. The minimum Gasteiger partial charge on any atom is -0.390 e. The summed E-state index contributed by atoms with van der Waals surface area (Å²) in [7, 11) is -4.15. The van der Waals surface area contributed by atoms with Gasteiger partial charge in [0.15, 0.2) is 11.5 Å². The van der Waals surface area contributed by atoms with Crippen molar-refractivity contribution in [2.45, 2.75) is 31.1 Å². The molecule has 4 rings (SSSR count). The molecular formula is C13H18N5O5P. The molecule has 0 aliphatic heterocycles. The molecule has 6 N–H and O–H groups in total. The molecule has 10 nitrogen and oxygen atoms in total. The first-order valence-electron chi connectivity index (χ1n) is 7.58. The summed E-state index contributed by atoms with van der Waals surface area (Å²) in [5, 5.41) is 20.9. The van der Waals surface area contributed by atoms with E-state index in [1.165, 1.54) is 12.7 Å². The average molecular weight is 355 g/mol. The smallest absolute Gasteiger partial charge is 0.325 e. The molecule has 2 aromatic rings. The van der Waals surface area contributed by atoms with Crippen molar-refractivity contribution in [2.24, 2.45) is 11.3 Å². The summed E-state index contributed by atoms with van der Waals surface area (Å²) in [5.74, 6) is 0.137. The quantitative estimate of drug-likeness (QED) is 0.443. The third kappa shape index (κ3) is 2.18. The van der Waals surface area contributed by atoms with Crippen molar-refractivity contribution in [1.82, 2.24) is 19.5 Å². The van der Waals surface area contributed by atoms with Gasteiger partial charge in [-0.05, 0) is 18.8 Å². The lowest BCUT2D eigenvalue weighted by molar-refractivity contribution is -0.0183. The molecule has 2 fully saturated rings. The van der Waals surface area contributed by atoms with Crippen molar-refractivity contribution in [1.29, 1.82) is 0 Å². The number of imidazole rings is 1. The van der Waals surface area contributed by atoms with Gasteiger partial charge in [-0.3, -0.25) is 4.57 Å². The monoisotopic (exact) mass is 355 g/mol. The van der Waals surface area contributed by atoms with E-state index in [2.05, 4.69) is 15.0 Å². The van der Waals surface area contributed by atoms with Crippen molar-refractivity contribution < 1.29 is 24.6 Å². The second kappa shape index (κ2) is 4.96. The summed E-state index contributed by atoms with van der Waals surface area (Å²) in [4.78, 5) is 30.4. The second-order valence-corrected chi connectivity index (χ2v) is 8.47. The highest BCUT2D eigenvalue weighted by molar-refractivity contribution is 7.51. The Morgan fingerprint density at radius 1 is 1.33 bits per heavy atom. The SMILES string of the molecule is Nc1ncnc2c1ncn2[C@H]1[C@H](O)[C@H](O)[C@]2(CCP(=O)(O)O)C[C@H]12. The summed E-state index contributed by atoms with van der Waals surface area (Å²) >= 11 is 0. The fourth-order valence-electron chi connectivity index (χ4n) is 4.15. The van der Waals surface area contributed by atoms with Crippen LogP contribution in [0, 0.1) is 11.3 Å². The van der Waals surface area contributed by atoms with Crippen LogP contribution in [0.4, 0.5) is 5.82 Å². The van der Waals surface area contributed by atoms with E-state index in [1.54, 1.807) is 4.57 Å². The summed E-state index contributed by atoms with van der Waals surface area (Å²) in [6.07, 6.45) is 1.16. The number of nitrogen functional groups attached to an aromatic ring is 1. The molecule has 5 atom stereocenters. The van der Waals surface area contributed by atoms with Crippen molar-refractivity contribution >= 4 is 24.6 Å². The molecule has 2 aliphatic carbocycles. The molecule has 130 valence electrons. The van der Waals surface area contributed by atoms with Gasteiger partial charge >= 0.3 is 7.60 Å². The number of aliphatic hydroxyl groups is 2. The molecular weight excluding hydrogens is 337 g/mol. The Kier molecular flexibility index (Phi) is 3.29. The van der Waals surface area contributed by atoms with Crippen LogP contribution < -0.4 is 5.73 Å². The number of aliphatic hydroxyl groups excluding tert-OH is 2. The first-order chi connectivity index (χ1) is 11.2. The van der Waals surface area contributed by atoms with Crippen LogP contribution in [0.5, 0.6) is 0 Å². The van der Waals surface area contributed by atoms with E-state index in [0.29, 0.717) is 17.6 Å². The van der Waals surface area contributed by atoms with Gasteiger partial charge in [0.25, 0.3) is 0 Å². The molecule has 2 saturated carbocycles. The van der Waals surface area contributed by atoms with E-state index < -0.39 is 31.3 Å². The Morgan fingerprint density at radius 3 is 2.79 bits per heavy atom. The number of aromatic nitrogens is 4. The van der Waals surface area contributed by atoms with Crippen molar-refractivity contribution in [3.05, 3.63) is 12.7 Å². The van der Waals surface area contributed by atoms with Crippen LogP contribution >= 0.6 is 7.60 Å². The highest BCUT2D eigenvalue weighted by Crippen LogP contribution is 2.70. The topological polar surface area (TPSA) is 168 Å². The number of nitrogens with zero attached hydrogens (tertiary/aromatic N) is 4. The van der Waals surface area contributed by atoms with Gasteiger partial charge in [-0.2, -0.15) is 0 Å². The number of fused-ring (bicyclic) bond motifs is 2. The molecule has 0 spiro atoms. The Hall–Kier alpha value is -1.58. The number of anilines is 1. The molecule has 2 aromatic heterocycles. The first-order valence-corrected chi connectivity index (χ1v) is 9.38. The van der Waals surface area contributed by atoms with Gasteiger partial charge in [0.1, 0.15) is 17.9 Å². The van der Waals surface area contributed by atoms with Crippen LogP contribution in [-0.2, 0) is 4.57 Å². The molecule has 2 heterocycles. The Labute approximate surface area is 136 Å². The van der Waals surface area contributed by atoms with Gasteiger partial charge in [-0.15, -0.1) is 0 Å². The highest BCUT2D eigenvalue weighted by atomic mass is 31.2. The van der Waals surface area contributed by atoms with Gasteiger partial charge in [0.2, 0.25) is 0 Å². The molecule has 0 radical (unpaired) electrons. The van der Waals surface area contributed by atoms with Crippen LogP contribution in [0.25, 0.3) is 11.2 Å². The minimum atomic E-state index is -4.15. The van der Waals surface area contributed by atoms with Crippen molar-refractivity contribution in [3.8, 4) is 0 Å². The zero-order valence-corrected chi connectivity index (χ0v) is 13.5. The lowest BCUT2D eigenvalue weighted by atomic mass is 9.96. The maximum Gasteiger partial charge on any atom is 0.325 e. The standard InChI is InChI=1S/C13H18N5O5P/c14-11-7-12(16-4-15-11)18(5-17-7)8-6-3-13(6,10(20)9(8)19)1-2-24(21,22)23/h4-6,8-10,19-20H,1-3H2,(H2,14,15,16)(H2,21,22,23)/t6-,8-,9+,10+,13-/m1/s1. The van der Waals surface area contributed by atoms with E-state index in [4.69, 9.17) is 15.5 Å². The summed E-state index contributed by atoms with van der Waals surface area (Å²) in [6.45, 7) is 0. The summed E-state index contributed by atoms with van der Waals surface area (Å²) in [5.41, 5.74) is 6.00. The number of hydrogen-bond donors (Lipinski definition) is 5. The van der Waals surface area contributed by atoms with Crippen LogP contribution in [0.3, 0.4) is 0 Å². The predicted molar refractivity (Wildman–Crippen MR) is 82.9 cm³/mol. The molecule has 0 saturated heterocycles. The van der Waals surface area contributed by atoms with Crippen LogP contribution in [0.1, 0.15) is 18.9 Å². The van der Waals surface area contributed by atoms with Gasteiger partial charge in [-0.1, -0.05) is 0 Å². The zero-order valence-electron chi connectivity index (χ0n) is 12.6. The third-order valence-electron chi connectivity index (χ3n) is 5.43. The fourth-order valence-corrected chi connectivity index (χ4v) is 4.86. The predicted octanol–water partition coefficient (Wildman–Crippen LogP) is -0.741. The highest BCUT2D eigenvalue weighted by Gasteiger charge is 2.71. The number of nitrogens with two attached hydrogens (primary N) is 1. The van der Waals surface area contributed by atoms with E-state index in [0.717, 1.165) is 0 Å². The first kappa shape index (κ1) is 15.9. The van der Waals surface area contributed by atoms with Gasteiger partial charge in [0.05, 0.1) is 24.6 Å². The Balaban J connectivity index is 1.68. The summed E-state index contributed by atoms with van der Waals surface area (Å²) in [6, 6.07) is -0.462. The van der Waals surface area contributed by atoms with Crippen molar-refractivity contribution in [2.75, 3.05) is 11.9 Å². The van der Waals surface area contributed by atoms with E-state index >= 15 is 0 Å². The van der Waals surface area contributed by atoms with Gasteiger partial charge < -0.3 is 30.3 Å². The lowest BCUT2D eigenvalue weighted by Gasteiger charge is -2.24. The van der Waals surface area contributed by atoms with Crippen LogP contribution in [0.15, 0.2) is 12.7 Å². The molecule has 0 aromatic carbocycles. The average Bonchev–Trinajstić information content (AvgIpc) is 3.00. The minimum absolute atomic E-state index is 0.0948. The zero-order chi connectivity index (χ0) is 17.3. The van der Waals surface area contributed by atoms with Crippen LogP contribution in [0.2, 0.25) is 0 Å². The van der Waals surface area contributed by atoms with Gasteiger partial charge in [-0.25, -0.2) is 15.0 Å². The molecule has 0 unspecified atom stereocenters. The number of hydrogen-bond acceptors (Lipinski definition) is 7. The molecule has 0 bridgehead atoms. The maximum atomic E-state index is 11.2. The van der Waals surface area contributed by atoms with Crippen molar-refractivity contribution in [3.63, 3.8) is 0 Å². The number of rotatable bonds is 4. The normalized spacial score (nSPS) is 35.3. The summed E-state index contributed by atoms with van der Waals surface area (Å²) < 4.78 is 12.8. The second-order valence-electron chi connectivity index (χ2n) is 6.69. The largest absolute Gasteiger partial charge is 0.390 e. The lowest BCUT2D eigenvalue weighted by Crippen LogP contribution is -2.34. The Bertz CT molecular complexity index is 852. The Morgan fingerprint density at radius 2 is 2.08 bits per heavy atom. The fraction of sp³-hybridized carbons (Fsp3) is 0.615.